The third-order valence-electron chi connectivity index (χ3n) is 3.04. The summed E-state index contributed by atoms with van der Waals surface area (Å²) in [6.07, 6.45) is 4.37. The largest absolute Gasteiger partial charge is 0.345 e. The van der Waals surface area contributed by atoms with Crippen LogP contribution in [0, 0.1) is 5.92 Å². The molecule has 2 unspecified atom stereocenters. The summed E-state index contributed by atoms with van der Waals surface area (Å²) in [5.74, 6) is -0.0218. The number of pyridine rings is 1. The fourth-order valence-corrected chi connectivity index (χ4v) is 1.53. The Labute approximate surface area is 103 Å². The Bertz CT molecular complexity index is 351. The van der Waals surface area contributed by atoms with Crippen molar-refractivity contribution in [1.29, 1.82) is 0 Å². The van der Waals surface area contributed by atoms with Crippen LogP contribution in [-0.2, 0) is 11.2 Å². The molecular weight excluding hydrogens is 214 g/mol. The molecule has 1 aromatic rings. The van der Waals surface area contributed by atoms with E-state index < -0.39 is 0 Å². The first-order valence-electron chi connectivity index (χ1n) is 5.92. The number of rotatable bonds is 5. The van der Waals surface area contributed by atoms with Gasteiger partial charge in [-0.3, -0.25) is 9.78 Å². The zero-order valence-electron chi connectivity index (χ0n) is 10.8. The predicted molar refractivity (Wildman–Crippen MR) is 68.4 cm³/mol. The number of carbonyl (C=O) groups is 1. The van der Waals surface area contributed by atoms with Crippen molar-refractivity contribution in [3.63, 3.8) is 0 Å². The summed E-state index contributed by atoms with van der Waals surface area (Å²) in [4.78, 5) is 17.6. The molecule has 1 amide bonds. The molecule has 0 radical (unpaired) electrons. The highest BCUT2D eigenvalue weighted by Gasteiger charge is 2.20. The van der Waals surface area contributed by atoms with Crippen LogP contribution in [0.3, 0.4) is 0 Å². The zero-order valence-corrected chi connectivity index (χ0v) is 10.8. The van der Waals surface area contributed by atoms with Gasteiger partial charge in [-0.1, -0.05) is 6.92 Å². The van der Waals surface area contributed by atoms with Gasteiger partial charge in [0.1, 0.15) is 0 Å². The number of amides is 1. The molecule has 17 heavy (non-hydrogen) atoms. The van der Waals surface area contributed by atoms with Gasteiger partial charge in [0.15, 0.2) is 0 Å². The fourth-order valence-electron chi connectivity index (χ4n) is 1.53. The molecule has 0 aliphatic rings. The third-order valence-corrected chi connectivity index (χ3v) is 3.04. The highest BCUT2D eigenvalue weighted by Crippen LogP contribution is 2.06. The SMILES string of the molecule is CC(N)C(C)C(=O)N(C)CCc1ccncc1. The average Bonchev–Trinajstić information content (AvgIpc) is 2.35. The summed E-state index contributed by atoms with van der Waals surface area (Å²) < 4.78 is 0. The molecular formula is C13H21N3O. The Morgan fingerprint density at radius 3 is 2.53 bits per heavy atom. The lowest BCUT2D eigenvalue weighted by Crippen LogP contribution is -2.40. The Morgan fingerprint density at radius 1 is 1.41 bits per heavy atom. The van der Waals surface area contributed by atoms with E-state index in [9.17, 15) is 4.79 Å². The maximum absolute atomic E-state index is 11.9. The lowest BCUT2D eigenvalue weighted by atomic mass is 10.0. The number of nitrogens with two attached hydrogens (primary N) is 1. The van der Waals surface area contributed by atoms with Crippen molar-refractivity contribution in [2.24, 2.45) is 11.7 Å². The number of carbonyl (C=O) groups excluding carboxylic acids is 1. The van der Waals surface area contributed by atoms with Gasteiger partial charge in [-0.25, -0.2) is 0 Å². The van der Waals surface area contributed by atoms with Crippen molar-refractivity contribution < 1.29 is 4.79 Å². The van der Waals surface area contributed by atoms with Gasteiger partial charge in [0.25, 0.3) is 0 Å². The molecule has 1 rings (SSSR count). The predicted octanol–water partition coefficient (Wildman–Crippen LogP) is 1.07. The van der Waals surface area contributed by atoms with Gasteiger partial charge >= 0.3 is 0 Å². The van der Waals surface area contributed by atoms with E-state index in [1.54, 1.807) is 17.3 Å². The Balaban J connectivity index is 2.45. The molecule has 0 fully saturated rings. The number of nitrogens with zero attached hydrogens (tertiary/aromatic N) is 2. The van der Waals surface area contributed by atoms with Gasteiger partial charge in [0, 0.05) is 32.0 Å². The van der Waals surface area contributed by atoms with E-state index in [-0.39, 0.29) is 17.9 Å². The lowest BCUT2D eigenvalue weighted by molar-refractivity contribution is -0.134. The smallest absolute Gasteiger partial charge is 0.226 e. The zero-order chi connectivity index (χ0) is 12.8. The Hall–Kier alpha value is -1.42. The molecule has 0 spiro atoms. The van der Waals surface area contributed by atoms with E-state index in [0.29, 0.717) is 6.54 Å². The molecule has 0 saturated heterocycles. The van der Waals surface area contributed by atoms with Gasteiger partial charge in [0.05, 0.1) is 5.92 Å². The molecule has 0 bridgehead atoms. The first kappa shape index (κ1) is 13.6. The average molecular weight is 235 g/mol. The van der Waals surface area contributed by atoms with Gasteiger partial charge in [-0.05, 0) is 31.0 Å². The first-order valence-corrected chi connectivity index (χ1v) is 5.92. The minimum Gasteiger partial charge on any atom is -0.345 e. The first-order chi connectivity index (χ1) is 8.02. The summed E-state index contributed by atoms with van der Waals surface area (Å²) in [5.41, 5.74) is 6.91. The standard InChI is InChI=1S/C13H21N3O/c1-10(11(2)14)13(17)16(3)9-6-12-4-7-15-8-5-12/h4-5,7-8,10-11H,6,9,14H2,1-3H3. The summed E-state index contributed by atoms with van der Waals surface area (Å²) >= 11 is 0. The molecule has 0 aliphatic heterocycles. The van der Waals surface area contributed by atoms with Crippen LogP contribution in [0.1, 0.15) is 19.4 Å². The fraction of sp³-hybridized carbons (Fsp3) is 0.538. The third kappa shape index (κ3) is 4.15. The molecule has 4 heteroatoms. The van der Waals surface area contributed by atoms with Crippen LogP contribution in [0.25, 0.3) is 0 Å². The van der Waals surface area contributed by atoms with Crippen LogP contribution in [0.4, 0.5) is 0 Å². The van der Waals surface area contributed by atoms with Gasteiger partial charge in [-0.2, -0.15) is 0 Å². The minimum atomic E-state index is -0.127. The monoisotopic (exact) mass is 235 g/mol. The van der Waals surface area contributed by atoms with Crippen LogP contribution in [-0.4, -0.2) is 35.4 Å². The summed E-state index contributed by atoms with van der Waals surface area (Å²) in [6.45, 7) is 4.44. The molecule has 1 aromatic heterocycles. The number of aromatic nitrogens is 1. The molecule has 1 heterocycles. The molecule has 2 atom stereocenters. The highest BCUT2D eigenvalue weighted by atomic mass is 16.2. The number of hydrogen-bond donors (Lipinski definition) is 1. The van der Waals surface area contributed by atoms with Crippen molar-refractivity contribution in [1.82, 2.24) is 9.88 Å². The van der Waals surface area contributed by atoms with E-state index in [1.165, 1.54) is 5.56 Å². The maximum atomic E-state index is 11.9. The molecule has 2 N–H and O–H groups in total. The van der Waals surface area contributed by atoms with E-state index >= 15 is 0 Å². The second-order valence-electron chi connectivity index (χ2n) is 4.51. The van der Waals surface area contributed by atoms with E-state index in [2.05, 4.69) is 4.98 Å². The molecule has 0 aliphatic carbocycles. The quantitative estimate of drug-likeness (QED) is 0.830. The van der Waals surface area contributed by atoms with E-state index in [1.807, 2.05) is 33.0 Å². The van der Waals surface area contributed by atoms with Gasteiger partial charge in [-0.15, -0.1) is 0 Å². The summed E-state index contributed by atoms with van der Waals surface area (Å²) in [6, 6.07) is 3.83. The molecule has 4 nitrogen and oxygen atoms in total. The molecule has 0 aromatic carbocycles. The van der Waals surface area contributed by atoms with Crippen LogP contribution < -0.4 is 5.73 Å². The highest BCUT2D eigenvalue weighted by molar-refractivity contribution is 5.78. The van der Waals surface area contributed by atoms with Crippen molar-refractivity contribution in [3.8, 4) is 0 Å². The second-order valence-corrected chi connectivity index (χ2v) is 4.51. The van der Waals surface area contributed by atoms with E-state index in [4.69, 9.17) is 5.73 Å². The van der Waals surface area contributed by atoms with E-state index in [0.717, 1.165) is 6.42 Å². The molecule has 94 valence electrons. The van der Waals surface area contributed by atoms with Gasteiger partial charge < -0.3 is 10.6 Å². The van der Waals surface area contributed by atoms with Crippen LogP contribution in [0.5, 0.6) is 0 Å². The number of hydrogen-bond acceptors (Lipinski definition) is 3. The topological polar surface area (TPSA) is 59.2 Å². The van der Waals surface area contributed by atoms with Crippen LogP contribution >= 0.6 is 0 Å². The van der Waals surface area contributed by atoms with Crippen molar-refractivity contribution >= 4 is 5.91 Å². The van der Waals surface area contributed by atoms with Crippen molar-refractivity contribution in [2.75, 3.05) is 13.6 Å². The number of likely N-dealkylation sites (N-methyl/N-ethyl adjacent to an activating group) is 1. The van der Waals surface area contributed by atoms with Crippen molar-refractivity contribution in [2.45, 2.75) is 26.3 Å². The lowest BCUT2D eigenvalue weighted by Gasteiger charge is -2.23. The Kier molecular flexibility index (Phi) is 5.10. The Morgan fingerprint density at radius 2 is 2.00 bits per heavy atom. The molecule has 0 saturated carbocycles. The van der Waals surface area contributed by atoms with Gasteiger partial charge in [0.2, 0.25) is 5.91 Å². The summed E-state index contributed by atoms with van der Waals surface area (Å²) in [5, 5.41) is 0. The normalized spacial score (nSPS) is 14.1. The van der Waals surface area contributed by atoms with Crippen LogP contribution in [0.15, 0.2) is 24.5 Å². The maximum Gasteiger partial charge on any atom is 0.226 e. The van der Waals surface area contributed by atoms with Crippen LogP contribution in [0.2, 0.25) is 0 Å². The second kappa shape index (κ2) is 6.35. The van der Waals surface area contributed by atoms with Crippen molar-refractivity contribution in [3.05, 3.63) is 30.1 Å². The summed E-state index contributed by atoms with van der Waals surface area (Å²) in [7, 11) is 1.82. The minimum absolute atomic E-state index is 0.106.